The van der Waals surface area contributed by atoms with Gasteiger partial charge in [0, 0.05) is 22.1 Å². The number of rotatable bonds is 5. The summed E-state index contributed by atoms with van der Waals surface area (Å²) < 4.78 is 0.889. The van der Waals surface area contributed by atoms with Crippen molar-refractivity contribution in [3.05, 3.63) is 33.3 Å². The molecule has 0 bridgehead atoms. The summed E-state index contributed by atoms with van der Waals surface area (Å²) in [5.41, 5.74) is 0.885. The molecule has 3 nitrogen and oxygen atoms in total. The fraction of sp³-hybridized carbons (Fsp3) is 0.462. The summed E-state index contributed by atoms with van der Waals surface area (Å²) in [7, 11) is 0. The van der Waals surface area contributed by atoms with Crippen molar-refractivity contribution in [2.75, 3.05) is 13.2 Å². The van der Waals surface area contributed by atoms with Crippen LogP contribution in [0.2, 0.25) is 5.02 Å². The Morgan fingerprint density at radius 2 is 2.22 bits per heavy atom. The normalized spacial score (nSPS) is 14.6. The highest BCUT2D eigenvalue weighted by molar-refractivity contribution is 9.10. The van der Waals surface area contributed by atoms with Gasteiger partial charge in [-0.2, -0.15) is 0 Å². The SMILES string of the molecule is O=C(Cc1cc(Cl)ccc1Br)N(CCO)C1CC1. The van der Waals surface area contributed by atoms with Crippen LogP contribution in [0.1, 0.15) is 18.4 Å². The third-order valence-electron chi connectivity index (χ3n) is 3.00. The lowest BCUT2D eigenvalue weighted by atomic mass is 10.1. The maximum Gasteiger partial charge on any atom is 0.227 e. The standard InChI is InChI=1S/C13H15BrClNO2/c14-12-4-1-10(15)7-9(12)8-13(18)16(5-6-17)11-2-3-11/h1,4,7,11,17H,2-3,5-6,8H2. The fourth-order valence-electron chi connectivity index (χ4n) is 1.95. The van der Waals surface area contributed by atoms with E-state index >= 15 is 0 Å². The van der Waals surface area contributed by atoms with Gasteiger partial charge in [-0.05, 0) is 36.6 Å². The van der Waals surface area contributed by atoms with Crippen LogP contribution in [0.25, 0.3) is 0 Å². The van der Waals surface area contributed by atoms with Crippen LogP contribution in [0.3, 0.4) is 0 Å². The van der Waals surface area contributed by atoms with E-state index in [2.05, 4.69) is 15.9 Å². The molecule has 98 valence electrons. The van der Waals surface area contributed by atoms with Crippen molar-refractivity contribution in [3.8, 4) is 0 Å². The van der Waals surface area contributed by atoms with Crippen molar-refractivity contribution < 1.29 is 9.90 Å². The van der Waals surface area contributed by atoms with E-state index < -0.39 is 0 Å². The summed E-state index contributed by atoms with van der Waals surface area (Å²) in [6.45, 7) is 0.431. The van der Waals surface area contributed by atoms with Crippen molar-refractivity contribution in [2.45, 2.75) is 25.3 Å². The molecule has 0 spiro atoms. The van der Waals surface area contributed by atoms with Gasteiger partial charge in [0.25, 0.3) is 0 Å². The molecule has 0 unspecified atom stereocenters. The van der Waals surface area contributed by atoms with E-state index in [4.69, 9.17) is 16.7 Å². The molecular formula is C13H15BrClNO2. The fourth-order valence-corrected chi connectivity index (χ4v) is 2.53. The van der Waals surface area contributed by atoms with Gasteiger partial charge >= 0.3 is 0 Å². The van der Waals surface area contributed by atoms with Crippen LogP contribution in [-0.2, 0) is 11.2 Å². The summed E-state index contributed by atoms with van der Waals surface area (Å²) >= 11 is 9.35. The van der Waals surface area contributed by atoms with Crippen LogP contribution in [-0.4, -0.2) is 35.1 Å². The van der Waals surface area contributed by atoms with Crippen molar-refractivity contribution in [2.24, 2.45) is 0 Å². The summed E-state index contributed by atoms with van der Waals surface area (Å²) in [5.74, 6) is 0.0505. The number of amides is 1. The predicted molar refractivity (Wildman–Crippen MR) is 74.7 cm³/mol. The van der Waals surface area contributed by atoms with Gasteiger partial charge in [0.1, 0.15) is 0 Å². The summed E-state index contributed by atoms with van der Waals surface area (Å²) in [5, 5.41) is 9.63. The number of nitrogens with zero attached hydrogens (tertiary/aromatic N) is 1. The summed E-state index contributed by atoms with van der Waals surface area (Å²) in [6.07, 6.45) is 2.41. The first-order valence-corrected chi connectivity index (χ1v) is 7.13. The smallest absolute Gasteiger partial charge is 0.227 e. The van der Waals surface area contributed by atoms with Crippen LogP contribution in [0.15, 0.2) is 22.7 Å². The van der Waals surface area contributed by atoms with Crippen molar-refractivity contribution in [1.82, 2.24) is 4.90 Å². The largest absolute Gasteiger partial charge is 0.395 e. The van der Waals surface area contributed by atoms with Crippen LogP contribution in [0, 0.1) is 0 Å². The number of aliphatic hydroxyl groups excluding tert-OH is 1. The number of benzene rings is 1. The Hall–Kier alpha value is -0.580. The first kappa shape index (κ1) is 13.8. The van der Waals surface area contributed by atoms with Gasteiger partial charge < -0.3 is 10.0 Å². The molecule has 2 rings (SSSR count). The molecule has 0 aliphatic heterocycles. The van der Waals surface area contributed by atoms with Crippen molar-refractivity contribution in [1.29, 1.82) is 0 Å². The monoisotopic (exact) mass is 331 g/mol. The van der Waals surface area contributed by atoms with E-state index in [0.717, 1.165) is 22.9 Å². The highest BCUT2D eigenvalue weighted by atomic mass is 79.9. The molecule has 0 atom stereocenters. The zero-order chi connectivity index (χ0) is 13.1. The Morgan fingerprint density at radius 3 is 2.83 bits per heavy atom. The molecule has 1 aliphatic rings. The zero-order valence-electron chi connectivity index (χ0n) is 9.90. The lowest BCUT2D eigenvalue weighted by molar-refractivity contribution is -0.131. The third kappa shape index (κ3) is 3.46. The minimum Gasteiger partial charge on any atom is -0.395 e. The minimum absolute atomic E-state index is 0.0129. The number of halogens is 2. The molecule has 5 heteroatoms. The average Bonchev–Trinajstić information content (AvgIpc) is 3.14. The lowest BCUT2D eigenvalue weighted by Crippen LogP contribution is -2.36. The average molecular weight is 333 g/mol. The molecule has 0 saturated heterocycles. The summed E-state index contributed by atoms with van der Waals surface area (Å²) in [4.78, 5) is 14.0. The molecule has 1 aromatic carbocycles. The van der Waals surface area contributed by atoms with Gasteiger partial charge in [-0.3, -0.25) is 4.79 Å². The molecule has 0 aromatic heterocycles. The molecule has 1 saturated carbocycles. The quantitative estimate of drug-likeness (QED) is 0.900. The van der Waals surface area contributed by atoms with Gasteiger partial charge in [0.05, 0.1) is 13.0 Å². The second-order valence-corrected chi connectivity index (χ2v) is 5.75. The third-order valence-corrected chi connectivity index (χ3v) is 4.01. The van der Waals surface area contributed by atoms with Crippen LogP contribution < -0.4 is 0 Å². The molecular weight excluding hydrogens is 318 g/mol. The van der Waals surface area contributed by atoms with Crippen molar-refractivity contribution >= 4 is 33.4 Å². The lowest BCUT2D eigenvalue weighted by Gasteiger charge is -2.21. The van der Waals surface area contributed by atoms with E-state index in [9.17, 15) is 4.79 Å². The summed E-state index contributed by atoms with van der Waals surface area (Å²) in [6, 6.07) is 5.75. The Labute approximate surface area is 120 Å². The van der Waals surface area contributed by atoms with Gasteiger partial charge in [0.2, 0.25) is 5.91 Å². The van der Waals surface area contributed by atoms with E-state index in [-0.39, 0.29) is 12.5 Å². The maximum absolute atomic E-state index is 12.2. The topological polar surface area (TPSA) is 40.5 Å². The number of hydrogen-bond donors (Lipinski definition) is 1. The molecule has 1 fully saturated rings. The Kier molecular flexibility index (Phi) is 4.65. The Morgan fingerprint density at radius 1 is 1.50 bits per heavy atom. The molecule has 0 heterocycles. The highest BCUT2D eigenvalue weighted by Crippen LogP contribution is 2.28. The highest BCUT2D eigenvalue weighted by Gasteiger charge is 2.32. The van der Waals surface area contributed by atoms with Gasteiger partial charge in [-0.1, -0.05) is 27.5 Å². The number of carbonyl (C=O) groups is 1. The first-order chi connectivity index (χ1) is 8.61. The molecule has 18 heavy (non-hydrogen) atoms. The van der Waals surface area contributed by atoms with E-state index in [1.165, 1.54) is 0 Å². The maximum atomic E-state index is 12.2. The number of carbonyl (C=O) groups excluding carboxylic acids is 1. The van der Waals surface area contributed by atoms with Crippen molar-refractivity contribution in [3.63, 3.8) is 0 Å². The van der Waals surface area contributed by atoms with E-state index in [0.29, 0.717) is 24.0 Å². The Balaban J connectivity index is 2.07. The van der Waals surface area contributed by atoms with Crippen LogP contribution in [0.4, 0.5) is 0 Å². The first-order valence-electron chi connectivity index (χ1n) is 5.96. The molecule has 1 aromatic rings. The minimum atomic E-state index is 0.0129. The van der Waals surface area contributed by atoms with Gasteiger partial charge in [0.15, 0.2) is 0 Å². The van der Waals surface area contributed by atoms with Gasteiger partial charge in [-0.15, -0.1) is 0 Å². The Bertz CT molecular complexity index is 449. The van der Waals surface area contributed by atoms with Crippen LogP contribution in [0.5, 0.6) is 0 Å². The number of aliphatic hydroxyl groups is 1. The second kappa shape index (κ2) is 6.04. The van der Waals surface area contributed by atoms with Gasteiger partial charge in [-0.25, -0.2) is 0 Å². The zero-order valence-corrected chi connectivity index (χ0v) is 12.2. The molecule has 1 amide bonds. The molecule has 1 N–H and O–H groups in total. The van der Waals surface area contributed by atoms with E-state index in [1.807, 2.05) is 6.07 Å². The van der Waals surface area contributed by atoms with E-state index in [1.54, 1.807) is 17.0 Å². The number of hydrogen-bond acceptors (Lipinski definition) is 2. The second-order valence-electron chi connectivity index (χ2n) is 4.45. The van der Waals surface area contributed by atoms with Crippen LogP contribution >= 0.6 is 27.5 Å². The molecule has 1 aliphatic carbocycles. The predicted octanol–water partition coefficient (Wildman–Crippen LogP) is 2.63. The molecule has 0 radical (unpaired) electrons.